The van der Waals surface area contributed by atoms with Crippen LogP contribution in [0.1, 0.15) is 17.0 Å². The minimum Gasteiger partial charge on any atom is -0.496 e. The summed E-state index contributed by atoms with van der Waals surface area (Å²) >= 11 is 0. The first-order valence-corrected chi connectivity index (χ1v) is 8.79. The predicted octanol–water partition coefficient (Wildman–Crippen LogP) is 3.80. The number of rotatable bonds is 4. The molecule has 1 heterocycles. The summed E-state index contributed by atoms with van der Waals surface area (Å²) in [6.07, 6.45) is -4.71. The first-order chi connectivity index (χ1) is 14.0. The number of halogens is 5. The summed E-state index contributed by atoms with van der Waals surface area (Å²) in [6, 6.07) is 6.43. The largest absolute Gasteiger partial charge is 0.496 e. The third-order valence-electron chi connectivity index (χ3n) is 4.96. The Kier molecular flexibility index (Phi) is 5.69. The van der Waals surface area contributed by atoms with Crippen molar-refractivity contribution in [2.45, 2.75) is 12.1 Å². The van der Waals surface area contributed by atoms with Gasteiger partial charge in [-0.05, 0) is 29.8 Å². The fourth-order valence-corrected chi connectivity index (χ4v) is 3.48. The van der Waals surface area contributed by atoms with E-state index >= 15 is 0 Å². The van der Waals surface area contributed by atoms with Gasteiger partial charge in [-0.1, -0.05) is 12.1 Å². The van der Waals surface area contributed by atoms with E-state index in [4.69, 9.17) is 4.74 Å². The highest BCUT2D eigenvalue weighted by Gasteiger charge is 2.45. The highest BCUT2D eigenvalue weighted by molar-refractivity contribution is 6.08. The molecule has 2 aromatic carbocycles. The van der Waals surface area contributed by atoms with Gasteiger partial charge in [-0.2, -0.15) is 13.2 Å². The van der Waals surface area contributed by atoms with E-state index < -0.39 is 58.5 Å². The maximum Gasteiger partial charge on any atom is 0.419 e. The monoisotopic (exact) mass is 428 g/mol. The molecule has 1 aliphatic heterocycles. The zero-order valence-corrected chi connectivity index (χ0v) is 15.9. The molecule has 0 radical (unpaired) electrons. The lowest BCUT2D eigenvalue weighted by Gasteiger charge is -2.20. The van der Waals surface area contributed by atoms with Crippen molar-refractivity contribution in [3.05, 3.63) is 59.2 Å². The topological polar surface area (TPSA) is 58.6 Å². The van der Waals surface area contributed by atoms with Gasteiger partial charge in [0.25, 0.3) is 0 Å². The molecule has 0 unspecified atom stereocenters. The van der Waals surface area contributed by atoms with Crippen LogP contribution >= 0.6 is 0 Å². The van der Waals surface area contributed by atoms with Gasteiger partial charge in [-0.25, -0.2) is 8.78 Å². The number of likely N-dealkylation sites (tertiary alicyclic amines) is 1. The average molecular weight is 428 g/mol. The van der Waals surface area contributed by atoms with E-state index in [1.54, 1.807) is 0 Å². The Morgan fingerprint density at radius 3 is 2.53 bits per heavy atom. The van der Waals surface area contributed by atoms with Crippen LogP contribution in [0.4, 0.5) is 27.6 Å². The van der Waals surface area contributed by atoms with E-state index in [2.05, 4.69) is 5.32 Å². The molecule has 0 bridgehead atoms. The molecule has 1 fully saturated rings. The van der Waals surface area contributed by atoms with Gasteiger partial charge in [0, 0.05) is 19.5 Å². The third-order valence-corrected chi connectivity index (χ3v) is 4.96. The number of hydrogen-bond acceptors (Lipinski definition) is 3. The van der Waals surface area contributed by atoms with Gasteiger partial charge in [-0.3, -0.25) is 9.59 Å². The standard InChI is InChI=1S/C20H17F5N2O3/c1-27-9-11(10-6-7-15(30-2)12(8-10)20(23,24)25)16(19(27)29)18(28)26-14-5-3-4-13(21)17(14)22/h3-8,11,16H,9H2,1-2H3,(H,26,28)/t11-,16+/m1/s1. The number of carbonyl (C=O) groups is 2. The molecule has 0 aliphatic carbocycles. The molecular formula is C20H17F5N2O3. The zero-order valence-electron chi connectivity index (χ0n) is 15.9. The molecule has 1 aliphatic rings. The van der Waals surface area contributed by atoms with E-state index in [1.165, 1.54) is 24.1 Å². The van der Waals surface area contributed by atoms with Gasteiger partial charge >= 0.3 is 6.18 Å². The number of likely N-dealkylation sites (N-methyl/N-ethyl adjacent to an activating group) is 1. The number of methoxy groups -OCH3 is 1. The molecule has 1 N–H and O–H groups in total. The summed E-state index contributed by atoms with van der Waals surface area (Å²) in [5.41, 5.74) is -1.41. The fourth-order valence-electron chi connectivity index (χ4n) is 3.48. The Hall–Kier alpha value is -3.17. The van der Waals surface area contributed by atoms with Crippen LogP contribution in [0, 0.1) is 17.6 Å². The molecule has 1 saturated heterocycles. The summed E-state index contributed by atoms with van der Waals surface area (Å²) in [5.74, 6) is -6.80. The predicted molar refractivity (Wildman–Crippen MR) is 96.9 cm³/mol. The number of hydrogen-bond donors (Lipinski definition) is 1. The number of amides is 2. The number of ether oxygens (including phenoxy) is 1. The van der Waals surface area contributed by atoms with Crippen LogP contribution in [0.5, 0.6) is 5.75 Å². The molecule has 160 valence electrons. The lowest BCUT2D eigenvalue weighted by atomic mass is 9.86. The van der Waals surface area contributed by atoms with Crippen molar-refractivity contribution >= 4 is 17.5 Å². The van der Waals surface area contributed by atoms with Crippen molar-refractivity contribution in [2.24, 2.45) is 5.92 Å². The van der Waals surface area contributed by atoms with Crippen molar-refractivity contribution in [3.8, 4) is 5.75 Å². The molecule has 30 heavy (non-hydrogen) atoms. The molecule has 0 aromatic heterocycles. The molecule has 5 nitrogen and oxygen atoms in total. The first kappa shape index (κ1) is 21.5. The SMILES string of the molecule is COc1ccc([C@H]2CN(C)C(=O)[C@@H]2C(=O)Nc2cccc(F)c2F)cc1C(F)(F)F. The molecule has 2 amide bonds. The van der Waals surface area contributed by atoms with Crippen LogP contribution in [-0.2, 0) is 15.8 Å². The fraction of sp³-hybridized carbons (Fsp3) is 0.300. The molecule has 10 heteroatoms. The number of nitrogens with zero attached hydrogens (tertiary/aromatic N) is 1. The maximum atomic E-state index is 13.9. The van der Waals surface area contributed by atoms with Gasteiger partial charge < -0.3 is 15.0 Å². The molecular weight excluding hydrogens is 411 g/mol. The van der Waals surface area contributed by atoms with Crippen molar-refractivity contribution in [2.75, 3.05) is 26.0 Å². The molecule has 3 rings (SSSR count). The van der Waals surface area contributed by atoms with Gasteiger partial charge in [0.15, 0.2) is 11.6 Å². The summed E-state index contributed by atoms with van der Waals surface area (Å²) in [6.45, 7) is -0.0216. The highest BCUT2D eigenvalue weighted by atomic mass is 19.4. The second kappa shape index (κ2) is 7.92. The van der Waals surface area contributed by atoms with E-state index in [1.807, 2.05) is 0 Å². The zero-order chi connectivity index (χ0) is 22.2. The number of benzene rings is 2. The van der Waals surface area contributed by atoms with Crippen molar-refractivity contribution in [1.82, 2.24) is 4.90 Å². The van der Waals surface area contributed by atoms with Crippen molar-refractivity contribution < 1.29 is 36.3 Å². The third kappa shape index (κ3) is 3.94. The Labute approximate surface area is 168 Å². The van der Waals surface area contributed by atoms with Gasteiger partial charge in [-0.15, -0.1) is 0 Å². The number of carbonyl (C=O) groups excluding carboxylic acids is 2. The van der Waals surface area contributed by atoms with E-state index in [0.29, 0.717) is 0 Å². The van der Waals surface area contributed by atoms with Crippen LogP contribution in [-0.4, -0.2) is 37.4 Å². The Bertz CT molecular complexity index is 993. The quantitative estimate of drug-likeness (QED) is 0.596. The smallest absolute Gasteiger partial charge is 0.419 e. The Morgan fingerprint density at radius 2 is 1.90 bits per heavy atom. The summed E-state index contributed by atoms with van der Waals surface area (Å²) in [5, 5.41) is 2.16. The van der Waals surface area contributed by atoms with Gasteiger partial charge in [0.2, 0.25) is 11.8 Å². The highest BCUT2D eigenvalue weighted by Crippen LogP contribution is 2.41. The maximum absolute atomic E-state index is 13.9. The molecule has 0 saturated carbocycles. The lowest BCUT2D eigenvalue weighted by molar-refractivity contribution is -0.139. The van der Waals surface area contributed by atoms with Crippen LogP contribution in [0.3, 0.4) is 0 Å². The second-order valence-corrected chi connectivity index (χ2v) is 6.85. The lowest BCUT2D eigenvalue weighted by Crippen LogP contribution is -2.33. The van der Waals surface area contributed by atoms with E-state index in [-0.39, 0.29) is 12.1 Å². The van der Waals surface area contributed by atoms with Gasteiger partial charge in [0.05, 0.1) is 18.4 Å². The number of anilines is 1. The number of alkyl halides is 3. The minimum absolute atomic E-state index is 0.0216. The summed E-state index contributed by atoms with van der Waals surface area (Å²) < 4.78 is 72.1. The van der Waals surface area contributed by atoms with Gasteiger partial charge in [0.1, 0.15) is 11.7 Å². The number of nitrogens with one attached hydrogen (secondary N) is 1. The normalized spacial score (nSPS) is 19.2. The summed E-state index contributed by atoms with van der Waals surface area (Å²) in [7, 11) is 2.50. The second-order valence-electron chi connectivity index (χ2n) is 6.85. The van der Waals surface area contributed by atoms with Crippen molar-refractivity contribution in [3.63, 3.8) is 0 Å². The Morgan fingerprint density at radius 1 is 1.20 bits per heavy atom. The Balaban J connectivity index is 1.97. The minimum atomic E-state index is -4.71. The van der Waals surface area contributed by atoms with E-state index in [9.17, 15) is 31.5 Å². The van der Waals surface area contributed by atoms with Crippen LogP contribution < -0.4 is 10.1 Å². The molecule has 2 aromatic rings. The van der Waals surface area contributed by atoms with Crippen LogP contribution in [0.2, 0.25) is 0 Å². The molecule has 0 spiro atoms. The van der Waals surface area contributed by atoms with Crippen LogP contribution in [0.15, 0.2) is 36.4 Å². The first-order valence-electron chi connectivity index (χ1n) is 8.79. The average Bonchev–Trinajstić information content (AvgIpc) is 2.99. The molecule has 2 atom stereocenters. The summed E-state index contributed by atoms with van der Waals surface area (Å²) in [4.78, 5) is 26.5. The van der Waals surface area contributed by atoms with Crippen molar-refractivity contribution in [1.29, 1.82) is 0 Å². The van der Waals surface area contributed by atoms with Crippen LogP contribution in [0.25, 0.3) is 0 Å². The van der Waals surface area contributed by atoms with E-state index in [0.717, 1.165) is 31.4 Å².